The van der Waals surface area contributed by atoms with Gasteiger partial charge < -0.3 is 9.80 Å². The van der Waals surface area contributed by atoms with Crippen LogP contribution in [0, 0.1) is 5.92 Å². The van der Waals surface area contributed by atoms with Gasteiger partial charge in [-0.15, -0.1) is 0 Å². The maximum Gasteiger partial charge on any atom is 0.0505 e. The summed E-state index contributed by atoms with van der Waals surface area (Å²) >= 11 is 0. The van der Waals surface area contributed by atoms with E-state index < -0.39 is 0 Å². The first kappa shape index (κ1) is 19.6. The minimum absolute atomic E-state index is 0.459. The minimum Gasteiger partial charge on any atom is -0.365 e. The molecule has 0 aliphatic carbocycles. The molecule has 25 heavy (non-hydrogen) atoms. The fourth-order valence-corrected chi connectivity index (χ4v) is 4.00. The molecule has 2 atom stereocenters. The summed E-state index contributed by atoms with van der Waals surface area (Å²) in [5.74, 6) is 0.718. The zero-order chi connectivity index (χ0) is 18.7. The van der Waals surface area contributed by atoms with E-state index in [9.17, 15) is 0 Å². The second-order valence-corrected chi connectivity index (χ2v) is 7.89. The summed E-state index contributed by atoms with van der Waals surface area (Å²) in [7, 11) is 2.13. The highest BCUT2D eigenvalue weighted by Crippen LogP contribution is 2.35. The van der Waals surface area contributed by atoms with E-state index in [0.29, 0.717) is 6.04 Å². The Bertz CT molecular complexity index is 620. The fourth-order valence-electron chi connectivity index (χ4n) is 4.00. The van der Waals surface area contributed by atoms with E-state index >= 15 is 0 Å². The van der Waals surface area contributed by atoms with Gasteiger partial charge in [-0.1, -0.05) is 39.7 Å². The van der Waals surface area contributed by atoms with Gasteiger partial charge in [-0.05, 0) is 68.6 Å². The van der Waals surface area contributed by atoms with E-state index in [1.807, 2.05) is 0 Å². The van der Waals surface area contributed by atoms with Crippen LogP contribution in [0.4, 0.5) is 0 Å². The van der Waals surface area contributed by atoms with E-state index in [1.54, 1.807) is 0 Å². The summed E-state index contributed by atoms with van der Waals surface area (Å²) in [5, 5.41) is 0. The maximum absolute atomic E-state index is 4.33. The lowest BCUT2D eigenvalue weighted by Crippen LogP contribution is -2.43. The molecule has 1 unspecified atom stereocenters. The second kappa shape index (κ2) is 8.12. The summed E-state index contributed by atoms with van der Waals surface area (Å²) < 4.78 is 0. The highest BCUT2D eigenvalue weighted by molar-refractivity contribution is 5.36. The van der Waals surface area contributed by atoms with Crippen molar-refractivity contribution in [3.63, 3.8) is 0 Å². The maximum atomic E-state index is 4.33. The number of hydrogen-bond acceptors (Lipinski definition) is 2. The summed E-state index contributed by atoms with van der Waals surface area (Å²) in [6, 6.07) is 0.459. The molecular formula is C23H36N2. The number of rotatable bonds is 5. The molecule has 0 radical (unpaired) electrons. The van der Waals surface area contributed by atoms with Crippen LogP contribution in [0.25, 0.3) is 0 Å². The van der Waals surface area contributed by atoms with Crippen LogP contribution >= 0.6 is 0 Å². The monoisotopic (exact) mass is 340 g/mol. The van der Waals surface area contributed by atoms with E-state index in [0.717, 1.165) is 43.0 Å². The Morgan fingerprint density at radius 1 is 1.24 bits per heavy atom. The molecule has 2 nitrogen and oxygen atoms in total. The van der Waals surface area contributed by atoms with Crippen LogP contribution in [0.5, 0.6) is 0 Å². The molecule has 0 bridgehead atoms. The predicted octanol–water partition coefficient (Wildman–Crippen LogP) is 6.03. The molecule has 0 amide bonds. The molecule has 1 fully saturated rings. The first-order valence-corrected chi connectivity index (χ1v) is 9.69. The number of allylic oxidation sites excluding steroid dienone is 5. The molecular weight excluding hydrogens is 304 g/mol. The van der Waals surface area contributed by atoms with Crippen LogP contribution in [-0.4, -0.2) is 29.4 Å². The SMILES string of the molecule is C=C(C)C(=C)N1C[C@H](C)CCC1/C(=C/C1=C(C)N(C)C(=C)CC1)CC. The lowest BCUT2D eigenvalue weighted by molar-refractivity contribution is 0.178. The van der Waals surface area contributed by atoms with E-state index in [4.69, 9.17) is 0 Å². The van der Waals surface area contributed by atoms with Crippen molar-refractivity contribution in [2.45, 2.75) is 65.8 Å². The van der Waals surface area contributed by atoms with Gasteiger partial charge in [0.1, 0.15) is 0 Å². The molecule has 2 rings (SSSR count). The molecule has 2 aliphatic heterocycles. The van der Waals surface area contributed by atoms with Crippen LogP contribution in [0.1, 0.15) is 59.8 Å². The van der Waals surface area contributed by atoms with Crippen LogP contribution < -0.4 is 0 Å². The average Bonchev–Trinajstić information content (AvgIpc) is 2.59. The third-order valence-corrected chi connectivity index (χ3v) is 5.98. The first-order valence-electron chi connectivity index (χ1n) is 9.69. The van der Waals surface area contributed by atoms with Gasteiger partial charge in [0.15, 0.2) is 0 Å². The third-order valence-electron chi connectivity index (χ3n) is 5.98. The van der Waals surface area contributed by atoms with Crippen molar-refractivity contribution in [2.75, 3.05) is 13.6 Å². The third kappa shape index (κ3) is 4.29. The Labute approximate surface area is 155 Å². The average molecular weight is 341 g/mol. The van der Waals surface area contributed by atoms with Crippen molar-refractivity contribution in [3.05, 3.63) is 59.6 Å². The number of piperidine rings is 1. The van der Waals surface area contributed by atoms with E-state index in [-0.39, 0.29) is 0 Å². The zero-order valence-corrected chi connectivity index (χ0v) is 17.0. The Hall–Kier alpha value is -1.70. The van der Waals surface area contributed by atoms with Gasteiger partial charge in [-0.2, -0.15) is 0 Å². The molecule has 1 saturated heterocycles. The van der Waals surface area contributed by atoms with Crippen molar-refractivity contribution in [1.29, 1.82) is 0 Å². The smallest absolute Gasteiger partial charge is 0.0505 e. The van der Waals surface area contributed by atoms with Gasteiger partial charge in [0.2, 0.25) is 0 Å². The van der Waals surface area contributed by atoms with Gasteiger partial charge in [-0.25, -0.2) is 0 Å². The fraction of sp³-hybridized carbons (Fsp3) is 0.565. The standard InChI is InChI=1S/C23H36N2/c1-9-21(14-22-12-11-18(5)24(8)20(22)7)23-13-10-17(4)15-25(23)19(6)16(2)3/h14,17,23H,2,5-6,9-13,15H2,1,3-4,7-8H3/b21-14+/t17-,23?/m1/s1. The lowest BCUT2D eigenvalue weighted by Gasteiger charge is -2.43. The molecule has 0 N–H and O–H groups in total. The van der Waals surface area contributed by atoms with E-state index in [1.165, 1.54) is 35.4 Å². The van der Waals surface area contributed by atoms with Crippen LogP contribution in [0.2, 0.25) is 0 Å². The predicted molar refractivity (Wildman–Crippen MR) is 110 cm³/mol. The summed E-state index contributed by atoms with van der Waals surface area (Å²) in [6.07, 6.45) is 8.21. The molecule has 0 aromatic heterocycles. The molecule has 0 saturated carbocycles. The van der Waals surface area contributed by atoms with Crippen molar-refractivity contribution in [2.24, 2.45) is 5.92 Å². The van der Waals surface area contributed by atoms with Gasteiger partial charge in [-0.3, -0.25) is 0 Å². The number of likely N-dealkylation sites (tertiary alicyclic amines) is 1. The van der Waals surface area contributed by atoms with Crippen LogP contribution in [-0.2, 0) is 0 Å². The highest BCUT2D eigenvalue weighted by Gasteiger charge is 2.29. The summed E-state index contributed by atoms with van der Waals surface area (Å²) in [6.45, 7) is 22.6. The minimum atomic E-state index is 0.459. The van der Waals surface area contributed by atoms with Crippen LogP contribution in [0.3, 0.4) is 0 Å². The van der Waals surface area contributed by atoms with Crippen LogP contribution in [0.15, 0.2) is 59.6 Å². The summed E-state index contributed by atoms with van der Waals surface area (Å²) in [4.78, 5) is 4.75. The Morgan fingerprint density at radius 2 is 1.92 bits per heavy atom. The molecule has 0 aromatic carbocycles. The highest BCUT2D eigenvalue weighted by atomic mass is 15.2. The van der Waals surface area contributed by atoms with Gasteiger partial charge >= 0.3 is 0 Å². The normalized spacial score (nSPS) is 25.5. The molecule has 2 heterocycles. The molecule has 0 spiro atoms. The molecule has 0 aromatic rings. The number of hydrogen-bond donors (Lipinski definition) is 0. The topological polar surface area (TPSA) is 6.48 Å². The second-order valence-electron chi connectivity index (χ2n) is 7.89. The largest absolute Gasteiger partial charge is 0.365 e. The summed E-state index contributed by atoms with van der Waals surface area (Å²) in [5.41, 5.74) is 7.75. The van der Waals surface area contributed by atoms with Crippen molar-refractivity contribution < 1.29 is 0 Å². The van der Waals surface area contributed by atoms with Gasteiger partial charge in [0, 0.05) is 30.7 Å². The molecule has 138 valence electrons. The Balaban J connectivity index is 2.35. The Morgan fingerprint density at radius 3 is 2.52 bits per heavy atom. The van der Waals surface area contributed by atoms with Gasteiger partial charge in [0.25, 0.3) is 0 Å². The number of nitrogens with zero attached hydrogens (tertiary/aromatic N) is 2. The Kier molecular flexibility index (Phi) is 6.37. The van der Waals surface area contributed by atoms with Crippen molar-refractivity contribution in [3.8, 4) is 0 Å². The first-order chi connectivity index (χ1) is 11.8. The molecule has 2 aliphatic rings. The lowest BCUT2D eigenvalue weighted by atomic mass is 9.86. The van der Waals surface area contributed by atoms with E-state index in [2.05, 4.69) is 70.4 Å². The zero-order valence-electron chi connectivity index (χ0n) is 17.0. The quantitative estimate of drug-likeness (QED) is 0.564. The van der Waals surface area contributed by atoms with Crippen molar-refractivity contribution >= 4 is 0 Å². The van der Waals surface area contributed by atoms with Gasteiger partial charge in [0.05, 0.1) is 6.04 Å². The molecule has 2 heteroatoms. The van der Waals surface area contributed by atoms with Crippen molar-refractivity contribution in [1.82, 2.24) is 9.80 Å².